The molecule has 11 heteroatoms. The smallest absolute Gasteiger partial charge is 0.445 e. The third-order valence-electron chi connectivity index (χ3n) is 6.61. The number of aliphatic hydroxyl groups excluding tert-OH is 1. The molecular formula is C26H34BN3O7. The molecule has 3 rings (SSSR count). The minimum atomic E-state index is -1.32. The van der Waals surface area contributed by atoms with E-state index in [2.05, 4.69) is 10.6 Å². The zero-order valence-corrected chi connectivity index (χ0v) is 21.5. The summed E-state index contributed by atoms with van der Waals surface area (Å²) in [6, 6.07) is 13.9. The zero-order valence-electron chi connectivity index (χ0n) is 21.5. The molecule has 1 heterocycles. The van der Waals surface area contributed by atoms with Gasteiger partial charge in [0, 0.05) is 6.42 Å². The lowest BCUT2D eigenvalue weighted by Gasteiger charge is -2.32. The van der Waals surface area contributed by atoms with Crippen LogP contribution in [0.15, 0.2) is 54.6 Å². The van der Waals surface area contributed by atoms with Crippen molar-refractivity contribution >= 4 is 30.5 Å². The van der Waals surface area contributed by atoms with Gasteiger partial charge in [-0.1, -0.05) is 54.6 Å². The average Bonchev–Trinajstić information content (AvgIpc) is 3.08. The third kappa shape index (κ3) is 7.31. The lowest BCUT2D eigenvalue weighted by Crippen LogP contribution is -2.54. The molecule has 2 atom stereocenters. The van der Waals surface area contributed by atoms with Gasteiger partial charge in [0.2, 0.25) is 11.8 Å². The standard InChI is InChI=1S/C26H34BN3O7/c1-25(2)26(3,4)37-27(36-25)19-12-10-17(11-13-19)14-20(22(28)32)29-23(33)21(15-31)30-24(34)35-16-18-8-6-5-7-9-18/h5-13,20-21,31H,14-16H2,1-4H3,(H2,28,32)(H,29,33)(H,30,34)/t20-,21-/m0/s1. The van der Waals surface area contributed by atoms with Gasteiger partial charge in [0.25, 0.3) is 0 Å². The summed E-state index contributed by atoms with van der Waals surface area (Å²) in [5.41, 5.74) is 6.89. The van der Waals surface area contributed by atoms with E-state index in [1.54, 1.807) is 36.4 Å². The molecule has 1 aliphatic rings. The first-order chi connectivity index (χ1) is 17.4. The Balaban J connectivity index is 1.56. The second-order valence-electron chi connectivity index (χ2n) is 9.94. The normalized spacial score (nSPS) is 17.5. The Morgan fingerprint density at radius 1 is 0.919 bits per heavy atom. The summed E-state index contributed by atoms with van der Waals surface area (Å²) in [6.45, 7) is 7.19. The Hall–Kier alpha value is -3.41. The van der Waals surface area contributed by atoms with Crippen molar-refractivity contribution in [2.24, 2.45) is 5.73 Å². The van der Waals surface area contributed by atoms with Crippen molar-refractivity contribution in [1.29, 1.82) is 0 Å². The number of benzene rings is 2. The van der Waals surface area contributed by atoms with E-state index in [0.29, 0.717) is 0 Å². The molecule has 0 saturated carbocycles. The monoisotopic (exact) mass is 511 g/mol. The third-order valence-corrected chi connectivity index (χ3v) is 6.61. The number of primary amides is 1. The molecule has 37 heavy (non-hydrogen) atoms. The Bertz CT molecular complexity index is 1080. The molecule has 1 saturated heterocycles. The first kappa shape index (κ1) is 28.2. The number of nitrogens with two attached hydrogens (primary N) is 1. The van der Waals surface area contributed by atoms with E-state index >= 15 is 0 Å². The van der Waals surface area contributed by atoms with Crippen LogP contribution < -0.4 is 21.8 Å². The van der Waals surface area contributed by atoms with Crippen LogP contribution in [0.4, 0.5) is 4.79 Å². The molecule has 198 valence electrons. The number of rotatable bonds is 10. The molecule has 2 aromatic rings. The lowest BCUT2D eigenvalue weighted by atomic mass is 9.78. The summed E-state index contributed by atoms with van der Waals surface area (Å²) in [5.74, 6) is -1.52. The highest BCUT2D eigenvalue weighted by Crippen LogP contribution is 2.36. The summed E-state index contributed by atoms with van der Waals surface area (Å²) in [7, 11) is -0.524. The molecule has 0 radical (unpaired) electrons. The lowest BCUT2D eigenvalue weighted by molar-refractivity contribution is -0.129. The molecular weight excluding hydrogens is 477 g/mol. The fourth-order valence-corrected chi connectivity index (χ4v) is 3.62. The second kappa shape index (κ2) is 11.8. The number of hydrogen-bond donors (Lipinski definition) is 4. The van der Waals surface area contributed by atoms with Crippen molar-refractivity contribution < 1.29 is 33.5 Å². The SMILES string of the molecule is CC1(C)OB(c2ccc(C[C@H](NC(=O)[C@H](CO)NC(=O)OCc3ccccc3)C(N)=O)cc2)OC1(C)C. The highest BCUT2D eigenvalue weighted by atomic mass is 16.7. The molecule has 0 bridgehead atoms. The van der Waals surface area contributed by atoms with Crippen LogP contribution in [0.5, 0.6) is 0 Å². The number of carbonyl (C=O) groups excluding carboxylic acids is 3. The van der Waals surface area contributed by atoms with Gasteiger partial charge in [-0.05, 0) is 44.3 Å². The minimum Gasteiger partial charge on any atom is -0.445 e. The summed E-state index contributed by atoms with van der Waals surface area (Å²) < 4.78 is 17.2. The first-order valence-electron chi connectivity index (χ1n) is 12.0. The number of carbonyl (C=O) groups is 3. The van der Waals surface area contributed by atoms with E-state index < -0.39 is 54.9 Å². The van der Waals surface area contributed by atoms with Crippen LogP contribution in [0.25, 0.3) is 0 Å². The Morgan fingerprint density at radius 3 is 2.05 bits per heavy atom. The van der Waals surface area contributed by atoms with Gasteiger partial charge in [0.1, 0.15) is 18.7 Å². The Kier molecular flexibility index (Phi) is 8.96. The molecule has 10 nitrogen and oxygen atoms in total. The number of aliphatic hydroxyl groups is 1. The quantitative estimate of drug-likeness (QED) is 0.345. The van der Waals surface area contributed by atoms with Crippen molar-refractivity contribution in [2.75, 3.05) is 6.61 Å². The van der Waals surface area contributed by atoms with Gasteiger partial charge in [-0.15, -0.1) is 0 Å². The summed E-state index contributed by atoms with van der Waals surface area (Å²) in [4.78, 5) is 36.8. The molecule has 0 unspecified atom stereocenters. The van der Waals surface area contributed by atoms with Crippen LogP contribution >= 0.6 is 0 Å². The van der Waals surface area contributed by atoms with Crippen molar-refractivity contribution in [1.82, 2.24) is 10.6 Å². The number of hydrogen-bond acceptors (Lipinski definition) is 7. The van der Waals surface area contributed by atoms with E-state index in [1.807, 2.05) is 45.9 Å². The maximum Gasteiger partial charge on any atom is 0.494 e. The predicted octanol–water partition coefficient (Wildman–Crippen LogP) is 0.786. The van der Waals surface area contributed by atoms with Crippen LogP contribution in [0.1, 0.15) is 38.8 Å². The minimum absolute atomic E-state index is 0.00171. The van der Waals surface area contributed by atoms with Gasteiger partial charge in [-0.3, -0.25) is 9.59 Å². The molecule has 1 aliphatic heterocycles. The number of ether oxygens (including phenoxy) is 1. The second-order valence-corrected chi connectivity index (χ2v) is 9.94. The number of nitrogens with one attached hydrogen (secondary N) is 2. The van der Waals surface area contributed by atoms with Gasteiger partial charge < -0.3 is 35.5 Å². The van der Waals surface area contributed by atoms with E-state index in [1.165, 1.54) is 0 Å². The summed E-state index contributed by atoms with van der Waals surface area (Å²) in [6.07, 6.45) is -0.770. The van der Waals surface area contributed by atoms with Crippen LogP contribution in [0.2, 0.25) is 0 Å². The van der Waals surface area contributed by atoms with Gasteiger partial charge >= 0.3 is 13.2 Å². The van der Waals surface area contributed by atoms with E-state index in [0.717, 1.165) is 16.6 Å². The molecule has 0 aromatic heterocycles. The van der Waals surface area contributed by atoms with E-state index in [4.69, 9.17) is 19.8 Å². The van der Waals surface area contributed by atoms with Crippen LogP contribution in [-0.4, -0.2) is 60.0 Å². The molecule has 3 amide bonds. The predicted molar refractivity (Wildman–Crippen MR) is 138 cm³/mol. The average molecular weight is 511 g/mol. The first-order valence-corrected chi connectivity index (χ1v) is 12.0. The molecule has 2 aromatic carbocycles. The largest absolute Gasteiger partial charge is 0.494 e. The van der Waals surface area contributed by atoms with Crippen LogP contribution in [0, 0.1) is 0 Å². The van der Waals surface area contributed by atoms with E-state index in [-0.39, 0.29) is 13.0 Å². The molecule has 1 fully saturated rings. The zero-order chi connectivity index (χ0) is 27.2. The van der Waals surface area contributed by atoms with Crippen molar-refractivity contribution in [3.05, 3.63) is 65.7 Å². The van der Waals surface area contributed by atoms with E-state index in [9.17, 15) is 19.5 Å². The van der Waals surface area contributed by atoms with Crippen LogP contribution in [0.3, 0.4) is 0 Å². The Morgan fingerprint density at radius 2 is 1.51 bits per heavy atom. The maximum atomic E-state index is 12.7. The van der Waals surface area contributed by atoms with Gasteiger partial charge in [-0.25, -0.2) is 4.79 Å². The molecule has 0 spiro atoms. The number of alkyl carbamates (subject to hydrolysis) is 1. The maximum absolute atomic E-state index is 12.7. The van der Waals surface area contributed by atoms with Crippen molar-refractivity contribution in [2.45, 2.75) is 64.0 Å². The fraction of sp³-hybridized carbons (Fsp3) is 0.423. The fourth-order valence-electron chi connectivity index (χ4n) is 3.62. The highest BCUT2D eigenvalue weighted by molar-refractivity contribution is 6.62. The highest BCUT2D eigenvalue weighted by Gasteiger charge is 2.51. The van der Waals surface area contributed by atoms with Gasteiger partial charge in [0.15, 0.2) is 0 Å². The summed E-state index contributed by atoms with van der Waals surface area (Å²) >= 11 is 0. The van der Waals surface area contributed by atoms with Crippen LogP contribution in [-0.2, 0) is 36.7 Å². The topological polar surface area (TPSA) is 149 Å². The number of amides is 3. The molecule has 0 aliphatic carbocycles. The van der Waals surface area contributed by atoms with Gasteiger partial charge in [-0.2, -0.15) is 0 Å². The van der Waals surface area contributed by atoms with Gasteiger partial charge in [0.05, 0.1) is 17.8 Å². The van der Waals surface area contributed by atoms with Crippen molar-refractivity contribution in [3.63, 3.8) is 0 Å². The summed E-state index contributed by atoms with van der Waals surface area (Å²) in [5, 5.41) is 14.4. The Labute approximate surface area is 217 Å². The van der Waals surface area contributed by atoms with Crippen molar-refractivity contribution in [3.8, 4) is 0 Å². The molecule has 5 N–H and O–H groups in total.